The second-order valence-electron chi connectivity index (χ2n) is 19.9. The number of aliphatic hydroxyl groups excluding tert-OH is 1. The van der Waals surface area contributed by atoms with E-state index in [2.05, 4.69) is 23.7 Å². The Balaban J connectivity index is 0.959. The van der Waals surface area contributed by atoms with Crippen molar-refractivity contribution in [1.82, 2.24) is 4.90 Å². The molecule has 0 bridgehead atoms. The number of carbonyl (C=O) groups excluding carboxylic acids is 9. The van der Waals surface area contributed by atoms with E-state index in [1.54, 1.807) is 26.0 Å². The molecule has 17 heteroatoms. The highest BCUT2D eigenvalue weighted by molar-refractivity contribution is 6.32. The molecule has 2 aromatic carbocycles. The lowest BCUT2D eigenvalue weighted by Gasteiger charge is -2.56. The van der Waals surface area contributed by atoms with Crippen LogP contribution in [0, 0.1) is 82.9 Å². The Labute approximate surface area is 391 Å². The molecule has 8 rings (SSSR count). The number of phenols is 2. The number of likely N-dealkylation sites (N-methyl/N-ethyl adjacent to an activating group) is 1. The number of benzene rings is 2. The Bertz CT molecular complexity index is 2770. The maximum absolute atomic E-state index is 14.1. The first kappa shape index (κ1) is 48.1. The number of primary amides is 2. The van der Waals surface area contributed by atoms with Crippen LogP contribution in [0.4, 0.5) is 0 Å². The summed E-state index contributed by atoms with van der Waals surface area (Å²) in [6.07, 6.45) is 0.203. The summed E-state index contributed by atoms with van der Waals surface area (Å²) >= 11 is 0. The van der Waals surface area contributed by atoms with Gasteiger partial charge in [0.1, 0.15) is 17.6 Å². The molecule has 0 aliphatic heterocycles. The zero-order chi connectivity index (χ0) is 49.6. The molecule has 0 aromatic heterocycles. The van der Waals surface area contributed by atoms with Crippen LogP contribution in [-0.2, 0) is 46.4 Å². The van der Waals surface area contributed by atoms with Crippen molar-refractivity contribution in [2.45, 2.75) is 88.6 Å². The number of aliphatic hydroxyl groups is 3. The van der Waals surface area contributed by atoms with Gasteiger partial charge in [-0.05, 0) is 106 Å². The van der Waals surface area contributed by atoms with Crippen LogP contribution in [0.2, 0.25) is 0 Å². The highest BCUT2D eigenvalue weighted by Crippen LogP contribution is 2.55. The Hall–Kier alpha value is -6.37. The number of aromatic hydroxyl groups is 2. The van der Waals surface area contributed by atoms with Crippen LogP contribution in [0.5, 0.6) is 11.5 Å². The number of unbranched alkanes of at least 4 members (excludes halogenated alkanes) is 3. The number of carbonyl (C=O) groups is 9. The van der Waals surface area contributed by atoms with Crippen LogP contribution in [0.3, 0.4) is 0 Å². The third-order valence-corrected chi connectivity index (χ3v) is 15.7. The number of amides is 2. The van der Waals surface area contributed by atoms with Crippen molar-refractivity contribution in [3.05, 3.63) is 57.6 Å². The number of hydrogen-bond acceptors (Lipinski definition) is 15. The topological polar surface area (TPSA) is 310 Å². The van der Waals surface area contributed by atoms with E-state index in [9.17, 15) is 68.7 Å². The minimum Gasteiger partial charge on any atom is -0.507 e. The van der Waals surface area contributed by atoms with E-state index in [0.717, 1.165) is 0 Å². The van der Waals surface area contributed by atoms with Gasteiger partial charge in [-0.15, -0.1) is 0 Å². The van der Waals surface area contributed by atoms with Crippen LogP contribution in [0.15, 0.2) is 24.3 Å². The van der Waals surface area contributed by atoms with Crippen molar-refractivity contribution in [3.8, 4) is 35.2 Å². The third-order valence-electron chi connectivity index (χ3n) is 15.7. The lowest BCUT2D eigenvalue weighted by molar-refractivity contribution is -0.205. The van der Waals surface area contributed by atoms with Gasteiger partial charge in [0.15, 0.2) is 63.5 Å². The normalized spacial score (nSPS) is 33.8. The SMILES string of the molecule is CC(C)[C@@H]1C(=O)C(C(N)=O)C(=O)[C@@]2(O)C(O)C3C(=O)c4c(O)ccc(C#CCCCCC#Cc5ccc(O)c6c5CC5CC7[C@H](N(C)C)C(=O)C(C(N)=O)C(=O)[C@@]7(O)C(=O)C5C6=O)c4CC3CC12. The van der Waals surface area contributed by atoms with Gasteiger partial charge in [0, 0.05) is 41.7 Å². The molecular weight excluding hydrogens is 879 g/mol. The molecule has 6 aliphatic carbocycles. The molecule has 0 heterocycles. The molecule has 0 saturated heterocycles. The van der Waals surface area contributed by atoms with Gasteiger partial charge in [0.25, 0.3) is 0 Å². The summed E-state index contributed by atoms with van der Waals surface area (Å²) in [6, 6.07) is 4.52. The second-order valence-corrected chi connectivity index (χ2v) is 19.9. The first-order chi connectivity index (χ1) is 32.0. The zero-order valence-corrected chi connectivity index (χ0v) is 37.9. The van der Waals surface area contributed by atoms with Crippen molar-refractivity contribution in [3.63, 3.8) is 0 Å². The molecule has 2 aromatic rings. The van der Waals surface area contributed by atoms with Crippen molar-refractivity contribution in [2.75, 3.05) is 14.1 Å². The minimum absolute atomic E-state index is 0.00910. The van der Waals surface area contributed by atoms with Crippen molar-refractivity contribution in [1.29, 1.82) is 0 Å². The van der Waals surface area contributed by atoms with E-state index in [4.69, 9.17) is 11.5 Å². The van der Waals surface area contributed by atoms with Crippen molar-refractivity contribution < 1.29 is 68.7 Å². The molecule has 17 nitrogen and oxygen atoms in total. The number of fused-ring (bicyclic) bond motifs is 6. The fourth-order valence-electron chi connectivity index (χ4n) is 12.7. The van der Waals surface area contributed by atoms with E-state index < -0.39 is 141 Å². The number of Topliss-reactive ketones (excluding diaryl/α,β-unsaturated/α-hetero) is 7. The molecule has 9 unspecified atom stereocenters. The molecule has 4 saturated carbocycles. The summed E-state index contributed by atoms with van der Waals surface area (Å²) in [6.45, 7) is 3.41. The van der Waals surface area contributed by atoms with Gasteiger partial charge in [0.2, 0.25) is 11.8 Å². The molecule has 4 fully saturated rings. The van der Waals surface area contributed by atoms with Crippen LogP contribution < -0.4 is 11.5 Å². The number of nitrogens with two attached hydrogens (primary N) is 2. The van der Waals surface area contributed by atoms with Crippen molar-refractivity contribution >= 4 is 52.3 Å². The van der Waals surface area contributed by atoms with Gasteiger partial charge in [-0.3, -0.25) is 48.1 Å². The smallest absolute Gasteiger partial charge is 0.235 e. The molecule has 356 valence electrons. The molecule has 68 heavy (non-hydrogen) atoms. The molecule has 0 spiro atoms. The highest BCUT2D eigenvalue weighted by atomic mass is 16.4. The molecule has 2 amide bonds. The lowest BCUT2D eigenvalue weighted by atomic mass is 9.49. The first-order valence-electron chi connectivity index (χ1n) is 22.9. The van der Waals surface area contributed by atoms with Gasteiger partial charge >= 0.3 is 0 Å². The summed E-state index contributed by atoms with van der Waals surface area (Å²) in [5.41, 5.74) is 6.94. The lowest BCUT2D eigenvalue weighted by Crippen LogP contribution is -2.74. The quantitative estimate of drug-likeness (QED) is 0.110. The average molecular weight is 932 g/mol. The number of hydrogen-bond donors (Lipinski definition) is 7. The molecule has 6 aliphatic rings. The molecule has 0 radical (unpaired) electrons. The van der Waals surface area contributed by atoms with Gasteiger partial charge in [-0.1, -0.05) is 37.5 Å². The fraction of sp³-hybridized carbons (Fsp3) is 0.510. The maximum atomic E-state index is 14.1. The minimum atomic E-state index is -2.82. The van der Waals surface area contributed by atoms with E-state index in [1.807, 2.05) is 0 Å². The summed E-state index contributed by atoms with van der Waals surface area (Å²) in [5.74, 6) is -9.67. The maximum Gasteiger partial charge on any atom is 0.235 e. The van der Waals surface area contributed by atoms with E-state index in [1.165, 1.54) is 31.1 Å². The summed E-state index contributed by atoms with van der Waals surface area (Å²) < 4.78 is 0. The highest BCUT2D eigenvalue weighted by Gasteiger charge is 2.71. The van der Waals surface area contributed by atoms with Gasteiger partial charge in [-0.2, -0.15) is 0 Å². The van der Waals surface area contributed by atoms with E-state index in [0.29, 0.717) is 47.9 Å². The summed E-state index contributed by atoms with van der Waals surface area (Å²) in [5, 5.41) is 57.2. The first-order valence-corrected chi connectivity index (χ1v) is 22.9. The number of nitrogens with zero attached hydrogens (tertiary/aromatic N) is 1. The number of ketones is 7. The van der Waals surface area contributed by atoms with Crippen molar-refractivity contribution in [2.24, 2.45) is 70.6 Å². The number of phenolic OH excluding ortho intramolecular Hbond substituents is 2. The van der Waals surface area contributed by atoms with E-state index >= 15 is 0 Å². The van der Waals surface area contributed by atoms with Gasteiger partial charge in [0.05, 0.1) is 29.0 Å². The summed E-state index contributed by atoms with van der Waals surface area (Å²) in [7, 11) is 3.03. The third kappa shape index (κ3) is 7.04. The largest absolute Gasteiger partial charge is 0.507 e. The van der Waals surface area contributed by atoms with Gasteiger partial charge < -0.3 is 37.0 Å². The van der Waals surface area contributed by atoms with Crippen LogP contribution >= 0.6 is 0 Å². The van der Waals surface area contributed by atoms with E-state index in [-0.39, 0.29) is 42.6 Å². The van der Waals surface area contributed by atoms with Gasteiger partial charge in [-0.25, -0.2) is 0 Å². The Morgan fingerprint density at radius 2 is 1.22 bits per heavy atom. The van der Waals surface area contributed by atoms with Crippen LogP contribution in [-0.4, -0.2) is 120 Å². The molecule has 9 N–H and O–H groups in total. The Kier molecular flexibility index (Phi) is 12.2. The average Bonchev–Trinajstić information content (AvgIpc) is 3.25. The number of rotatable bonds is 7. The second kappa shape index (κ2) is 17.3. The van der Waals surface area contributed by atoms with Crippen LogP contribution in [0.1, 0.15) is 95.3 Å². The Morgan fingerprint density at radius 1 is 0.721 bits per heavy atom. The summed E-state index contributed by atoms with van der Waals surface area (Å²) in [4.78, 5) is 122. The Morgan fingerprint density at radius 3 is 1.74 bits per heavy atom. The zero-order valence-electron chi connectivity index (χ0n) is 37.9. The molecule has 13 atom stereocenters. The molecular formula is C51H53N3O14. The van der Waals surface area contributed by atoms with Crippen LogP contribution in [0.25, 0.3) is 0 Å². The predicted octanol–water partition coefficient (Wildman–Crippen LogP) is 0.145. The fourth-order valence-corrected chi connectivity index (χ4v) is 12.7. The monoisotopic (exact) mass is 931 g/mol. The standard InChI is InChI=1S/C51H53N3O14/c1-21(2)32-28-19-24-17-26-22(13-15-30(55)35(26)41(58)33(24)44(61)50(28,67)46(63)37(40(32)57)48(52)65)11-9-7-5-6-8-10-12-23-14-16-31(56)36-27(23)18-25-20-29-39(54(3)4)43(60)38(49(53)66)47(64)51(29,68)45(62)34(25)42(36)59/h13-16,21,24-25,28-29,32-34,37-39,44,55-56,61,67-68H,5-8,17-20H2,1-4H3,(H2,52,65)(H2,53,66)/t24?,25?,28?,29?,32-,33?,34?,37?,38?,39-,44?,50-,51-/m0/s1. The predicted molar refractivity (Wildman–Crippen MR) is 237 cm³/mol.